The topological polar surface area (TPSA) is 57.7 Å². The number of rotatable bonds is 3. The maximum Gasteiger partial charge on any atom is 0.252 e. The molecule has 28 heavy (non-hydrogen) atoms. The van der Waals surface area contributed by atoms with Gasteiger partial charge in [-0.3, -0.25) is 4.79 Å². The highest BCUT2D eigenvalue weighted by Crippen LogP contribution is 2.38. The molecule has 0 N–H and O–H groups in total. The van der Waals surface area contributed by atoms with Crippen LogP contribution in [0.25, 0.3) is 0 Å². The van der Waals surface area contributed by atoms with E-state index < -0.39 is 10.0 Å². The van der Waals surface area contributed by atoms with E-state index in [0.29, 0.717) is 35.4 Å². The van der Waals surface area contributed by atoms with Gasteiger partial charge in [0.15, 0.2) is 0 Å². The molecular formula is C20H24N2O3S3. The molecule has 0 aliphatic carbocycles. The van der Waals surface area contributed by atoms with E-state index in [1.165, 1.54) is 15.6 Å². The fraction of sp³-hybridized carbons (Fsp3) is 0.450. The number of carbonyl (C=O) groups is 1. The molecule has 0 radical (unpaired) electrons. The van der Waals surface area contributed by atoms with E-state index in [2.05, 4.69) is 13.0 Å². The fourth-order valence-corrected chi connectivity index (χ4v) is 7.54. The lowest BCUT2D eigenvalue weighted by molar-refractivity contribution is -0.123. The average Bonchev–Trinajstić information content (AvgIpc) is 3.19. The maximum absolute atomic E-state index is 13.3. The van der Waals surface area contributed by atoms with Crippen LogP contribution in [0, 0.1) is 5.92 Å². The second kappa shape index (κ2) is 8.18. The Labute approximate surface area is 174 Å². The standard InChI is InChI=1S/C20H24N2O3S3/c1-15-8-13-22(17-5-2-3-6-18(17)27-15)20(23)16-9-11-21(12-10-16)28(24,25)19-7-4-14-26-19/h2-7,14-16H,8-13H2,1H3/t15-/m1/s1. The molecule has 4 rings (SSSR count). The monoisotopic (exact) mass is 436 g/mol. The van der Waals surface area contributed by atoms with Crippen molar-refractivity contribution in [2.75, 3.05) is 24.5 Å². The number of sulfonamides is 1. The Morgan fingerprint density at radius 2 is 1.79 bits per heavy atom. The first-order chi connectivity index (χ1) is 13.5. The quantitative estimate of drug-likeness (QED) is 0.728. The van der Waals surface area contributed by atoms with Crippen molar-refractivity contribution in [2.45, 2.75) is 40.5 Å². The molecule has 1 saturated heterocycles. The summed E-state index contributed by atoms with van der Waals surface area (Å²) in [5.74, 6) is 0.0107. The van der Waals surface area contributed by atoms with E-state index in [0.717, 1.165) is 23.5 Å². The number of thioether (sulfide) groups is 1. The summed E-state index contributed by atoms with van der Waals surface area (Å²) in [6.45, 7) is 3.72. The number of hydrogen-bond acceptors (Lipinski definition) is 5. The van der Waals surface area contributed by atoms with Gasteiger partial charge in [0.05, 0.1) is 5.69 Å². The highest BCUT2D eigenvalue weighted by atomic mass is 32.2. The molecule has 2 aromatic rings. The second-order valence-electron chi connectivity index (χ2n) is 7.29. The van der Waals surface area contributed by atoms with Gasteiger partial charge in [0.25, 0.3) is 10.0 Å². The minimum atomic E-state index is -3.43. The van der Waals surface area contributed by atoms with Gasteiger partial charge in [0, 0.05) is 35.7 Å². The van der Waals surface area contributed by atoms with E-state index >= 15 is 0 Å². The zero-order chi connectivity index (χ0) is 19.7. The van der Waals surface area contributed by atoms with Crippen molar-refractivity contribution in [1.29, 1.82) is 0 Å². The van der Waals surface area contributed by atoms with Gasteiger partial charge in [-0.25, -0.2) is 8.42 Å². The lowest BCUT2D eigenvalue weighted by atomic mass is 9.96. The first-order valence-electron chi connectivity index (χ1n) is 9.57. The Morgan fingerprint density at radius 1 is 1.04 bits per heavy atom. The fourth-order valence-electron chi connectivity index (χ4n) is 3.82. The molecule has 1 fully saturated rings. The summed E-state index contributed by atoms with van der Waals surface area (Å²) in [4.78, 5) is 16.4. The zero-order valence-corrected chi connectivity index (χ0v) is 18.2. The van der Waals surface area contributed by atoms with Crippen LogP contribution in [-0.2, 0) is 14.8 Å². The average molecular weight is 437 g/mol. The van der Waals surface area contributed by atoms with Crippen LogP contribution in [0.1, 0.15) is 26.2 Å². The van der Waals surface area contributed by atoms with Crippen molar-refractivity contribution < 1.29 is 13.2 Å². The summed E-state index contributed by atoms with van der Waals surface area (Å²) >= 11 is 3.06. The molecule has 8 heteroatoms. The number of fused-ring (bicyclic) bond motifs is 1. The van der Waals surface area contributed by atoms with Crippen LogP contribution >= 0.6 is 23.1 Å². The summed E-state index contributed by atoms with van der Waals surface area (Å²) in [5.41, 5.74) is 0.996. The van der Waals surface area contributed by atoms with E-state index in [1.807, 2.05) is 34.9 Å². The Balaban J connectivity index is 1.47. The zero-order valence-electron chi connectivity index (χ0n) is 15.8. The molecule has 0 spiro atoms. The van der Waals surface area contributed by atoms with Gasteiger partial charge in [0.2, 0.25) is 5.91 Å². The molecule has 1 aromatic heterocycles. The van der Waals surface area contributed by atoms with Crippen molar-refractivity contribution in [1.82, 2.24) is 4.31 Å². The van der Waals surface area contributed by atoms with Gasteiger partial charge in [-0.1, -0.05) is 25.1 Å². The van der Waals surface area contributed by atoms with Crippen LogP contribution in [0.4, 0.5) is 5.69 Å². The molecule has 0 unspecified atom stereocenters. The van der Waals surface area contributed by atoms with E-state index in [9.17, 15) is 13.2 Å². The first-order valence-corrected chi connectivity index (χ1v) is 12.8. The summed E-state index contributed by atoms with van der Waals surface area (Å²) in [7, 11) is -3.43. The van der Waals surface area contributed by atoms with Crippen LogP contribution in [0.3, 0.4) is 0 Å². The van der Waals surface area contributed by atoms with E-state index in [1.54, 1.807) is 17.5 Å². The number of para-hydroxylation sites is 1. The summed E-state index contributed by atoms with van der Waals surface area (Å²) in [5, 5.41) is 2.25. The van der Waals surface area contributed by atoms with E-state index in [4.69, 9.17) is 0 Å². The van der Waals surface area contributed by atoms with Crippen LogP contribution in [0.2, 0.25) is 0 Å². The van der Waals surface area contributed by atoms with Crippen LogP contribution < -0.4 is 4.90 Å². The molecule has 0 saturated carbocycles. The van der Waals surface area contributed by atoms with Crippen molar-refractivity contribution >= 4 is 44.7 Å². The molecule has 150 valence electrons. The Bertz CT molecular complexity index is 935. The highest BCUT2D eigenvalue weighted by Gasteiger charge is 2.35. The van der Waals surface area contributed by atoms with Crippen molar-refractivity contribution in [3.8, 4) is 0 Å². The van der Waals surface area contributed by atoms with Gasteiger partial charge < -0.3 is 4.90 Å². The minimum Gasteiger partial charge on any atom is -0.311 e. The number of carbonyl (C=O) groups excluding carboxylic acids is 1. The third-order valence-electron chi connectivity index (χ3n) is 5.40. The van der Waals surface area contributed by atoms with Gasteiger partial charge >= 0.3 is 0 Å². The van der Waals surface area contributed by atoms with Crippen LogP contribution in [-0.4, -0.2) is 43.5 Å². The third kappa shape index (κ3) is 3.87. The molecular weight excluding hydrogens is 412 g/mol. The van der Waals surface area contributed by atoms with Crippen LogP contribution in [0.5, 0.6) is 0 Å². The lowest BCUT2D eigenvalue weighted by Crippen LogP contribution is -2.44. The Kier molecular flexibility index (Phi) is 5.83. The summed E-state index contributed by atoms with van der Waals surface area (Å²) in [6, 6.07) is 11.5. The maximum atomic E-state index is 13.3. The van der Waals surface area contributed by atoms with Gasteiger partial charge in [-0.2, -0.15) is 4.31 Å². The van der Waals surface area contributed by atoms with Crippen molar-refractivity contribution in [3.05, 3.63) is 41.8 Å². The third-order valence-corrected chi connectivity index (χ3v) is 9.91. The van der Waals surface area contributed by atoms with Crippen molar-refractivity contribution in [2.24, 2.45) is 5.92 Å². The molecule has 0 bridgehead atoms. The van der Waals surface area contributed by atoms with E-state index in [-0.39, 0.29) is 11.8 Å². The first kappa shape index (κ1) is 19.9. The minimum absolute atomic E-state index is 0.124. The number of amides is 1. The number of anilines is 1. The smallest absolute Gasteiger partial charge is 0.252 e. The van der Waals surface area contributed by atoms with Gasteiger partial charge in [0.1, 0.15) is 4.21 Å². The van der Waals surface area contributed by atoms with Crippen LogP contribution in [0.15, 0.2) is 50.9 Å². The predicted octanol–water partition coefficient (Wildman–Crippen LogP) is 4.07. The highest BCUT2D eigenvalue weighted by molar-refractivity contribution is 8.00. The summed E-state index contributed by atoms with van der Waals surface area (Å²) < 4.78 is 27.3. The van der Waals surface area contributed by atoms with Gasteiger partial charge in [-0.15, -0.1) is 23.1 Å². The molecule has 2 aliphatic rings. The number of hydrogen-bond donors (Lipinski definition) is 0. The molecule has 1 amide bonds. The largest absolute Gasteiger partial charge is 0.311 e. The molecule has 5 nitrogen and oxygen atoms in total. The number of thiophene rings is 1. The lowest BCUT2D eigenvalue weighted by Gasteiger charge is -2.33. The van der Waals surface area contributed by atoms with Crippen molar-refractivity contribution in [3.63, 3.8) is 0 Å². The molecule has 2 aliphatic heterocycles. The predicted molar refractivity (Wildman–Crippen MR) is 115 cm³/mol. The SMILES string of the molecule is C[C@@H]1CCN(C(=O)C2CCN(S(=O)(=O)c3cccs3)CC2)c2ccccc2S1. The Morgan fingerprint density at radius 3 is 2.50 bits per heavy atom. The van der Waals surface area contributed by atoms with Gasteiger partial charge in [-0.05, 0) is 42.8 Å². The number of benzene rings is 1. The molecule has 1 atom stereocenters. The molecule has 1 aromatic carbocycles. The Hall–Kier alpha value is -1.35. The normalized spacial score (nSPS) is 21.9. The number of piperidine rings is 1. The molecule has 3 heterocycles. The number of nitrogens with zero attached hydrogens (tertiary/aromatic N) is 2. The summed E-state index contributed by atoms with van der Waals surface area (Å²) in [6.07, 6.45) is 2.10. The second-order valence-corrected chi connectivity index (χ2v) is 11.9.